The van der Waals surface area contributed by atoms with Crippen LogP contribution in [-0.4, -0.2) is 69.9 Å². The fourth-order valence-corrected chi connectivity index (χ4v) is 4.82. The Labute approximate surface area is 354 Å². The maximum Gasteiger partial charge on any atom is 0.525 e. The molecule has 0 atom stereocenters. The van der Waals surface area contributed by atoms with E-state index >= 15 is 0 Å². The normalized spacial score (nSPS) is 11.2. The van der Waals surface area contributed by atoms with Crippen LogP contribution in [0.1, 0.15) is 36.6 Å². The first kappa shape index (κ1) is 53.7. The summed E-state index contributed by atoms with van der Waals surface area (Å²) in [5.74, 6) is -1.67. The summed E-state index contributed by atoms with van der Waals surface area (Å²) in [6, 6.07) is 24.9. The summed E-state index contributed by atoms with van der Waals surface area (Å²) in [5, 5.41) is 19.4. The molecule has 2 N–H and O–H groups in total. The van der Waals surface area contributed by atoms with E-state index in [-0.39, 0.29) is 40.8 Å². The average molecular weight is 1050 g/mol. The zero-order valence-corrected chi connectivity index (χ0v) is 35.3. The Hall–Kier alpha value is -4.26. The number of carbonyl (C=O) groups is 2. The minimum absolute atomic E-state index is 0. The molecule has 58 heavy (non-hydrogen) atoms. The number of aliphatic carboxylic acids is 2. The number of halogens is 6. The van der Waals surface area contributed by atoms with Crippen molar-refractivity contribution < 1.29 is 112 Å². The SMILES string of the molecule is CC(=O)O.CC(=O)O.Cc1ccc2ccc3ccc(C)nc3c2n1.Cc1ccc2ccc3ccc(C)nc3c2n1.O=S(=O)(OOS(=O)(=O)C(F)(F)F)C(F)(F)F.[Pd].[Pd]. The van der Waals surface area contributed by atoms with Crippen molar-refractivity contribution in [3.63, 3.8) is 0 Å². The van der Waals surface area contributed by atoms with Crippen LogP contribution in [0.15, 0.2) is 72.8 Å². The van der Waals surface area contributed by atoms with Crippen molar-refractivity contribution in [1.82, 2.24) is 19.9 Å². The van der Waals surface area contributed by atoms with Crippen LogP contribution in [0.25, 0.3) is 43.6 Å². The minimum atomic E-state index is -6.59. The van der Waals surface area contributed by atoms with Crippen molar-refractivity contribution >= 4 is 75.8 Å². The van der Waals surface area contributed by atoms with E-state index < -0.39 is 43.2 Å². The van der Waals surface area contributed by atoms with Crippen LogP contribution < -0.4 is 0 Å². The van der Waals surface area contributed by atoms with Crippen LogP contribution in [0.4, 0.5) is 26.3 Å². The molecule has 0 aliphatic rings. The molecular formula is C34H32F6N4O10Pd2S2. The maximum absolute atomic E-state index is 11.4. The van der Waals surface area contributed by atoms with Gasteiger partial charge in [0.05, 0.1) is 22.1 Å². The van der Waals surface area contributed by atoms with Gasteiger partial charge in [0.1, 0.15) is 0 Å². The average Bonchev–Trinajstić information content (AvgIpc) is 3.06. The van der Waals surface area contributed by atoms with E-state index in [1.165, 1.54) is 0 Å². The first-order valence-corrected chi connectivity index (χ1v) is 18.1. The summed E-state index contributed by atoms with van der Waals surface area (Å²) in [6.45, 7) is 10.2. The van der Waals surface area contributed by atoms with Gasteiger partial charge in [-0.25, -0.2) is 0 Å². The molecule has 0 saturated carbocycles. The number of aryl methyl sites for hydroxylation is 4. The molecule has 0 saturated heterocycles. The molecule has 0 bridgehead atoms. The van der Waals surface area contributed by atoms with Gasteiger partial charge in [0.15, 0.2) is 0 Å². The number of aromatic nitrogens is 4. The summed E-state index contributed by atoms with van der Waals surface area (Å²) >= 11 is 0. The molecule has 24 heteroatoms. The van der Waals surface area contributed by atoms with Crippen molar-refractivity contribution in [2.24, 2.45) is 0 Å². The second kappa shape index (κ2) is 22.2. The molecule has 6 rings (SSSR count). The van der Waals surface area contributed by atoms with Gasteiger partial charge < -0.3 is 10.2 Å². The molecule has 0 aliphatic heterocycles. The summed E-state index contributed by atoms with van der Waals surface area (Å²) in [5.41, 5.74) is -4.11. The third-order valence-corrected chi connectivity index (χ3v) is 8.08. The van der Waals surface area contributed by atoms with Crippen molar-refractivity contribution in [3.8, 4) is 0 Å². The minimum Gasteiger partial charge on any atom is -0.481 e. The number of nitrogens with zero attached hydrogens (tertiary/aromatic N) is 4. The van der Waals surface area contributed by atoms with Crippen LogP contribution in [-0.2, 0) is 79.3 Å². The van der Waals surface area contributed by atoms with Gasteiger partial charge in [0.2, 0.25) is 0 Å². The molecule has 0 fully saturated rings. The number of rotatable bonds is 3. The first-order chi connectivity index (χ1) is 25.6. The monoisotopic (exact) mass is 1050 g/mol. The van der Waals surface area contributed by atoms with Crippen molar-refractivity contribution in [3.05, 3.63) is 95.6 Å². The van der Waals surface area contributed by atoms with Crippen molar-refractivity contribution in [2.45, 2.75) is 52.6 Å². The molecule has 0 spiro atoms. The third kappa shape index (κ3) is 16.2. The molecular weight excluding hydrogens is 1020 g/mol. The van der Waals surface area contributed by atoms with Gasteiger partial charge in [-0.3, -0.25) is 29.5 Å². The summed E-state index contributed by atoms with van der Waals surface area (Å²) < 4.78 is 113. The van der Waals surface area contributed by atoms with E-state index in [0.29, 0.717) is 0 Å². The van der Waals surface area contributed by atoms with E-state index in [4.69, 9.17) is 19.8 Å². The second-order valence-corrected chi connectivity index (χ2v) is 14.2. The molecule has 322 valence electrons. The Kier molecular flexibility index (Phi) is 20.6. The number of benzene rings is 2. The predicted octanol–water partition coefficient (Wildman–Crippen LogP) is 7.61. The molecule has 0 aliphatic carbocycles. The first-order valence-electron chi connectivity index (χ1n) is 15.3. The predicted molar refractivity (Wildman–Crippen MR) is 192 cm³/mol. The van der Waals surface area contributed by atoms with Crippen LogP contribution in [0.2, 0.25) is 0 Å². The van der Waals surface area contributed by atoms with Gasteiger partial charge in [-0.15, -0.1) is 0 Å². The molecule has 0 radical (unpaired) electrons. The van der Waals surface area contributed by atoms with Gasteiger partial charge in [0.25, 0.3) is 11.9 Å². The van der Waals surface area contributed by atoms with Crippen LogP contribution >= 0.6 is 0 Å². The smallest absolute Gasteiger partial charge is 0.481 e. The fourth-order valence-electron chi connectivity index (χ4n) is 4.08. The van der Waals surface area contributed by atoms with E-state index in [0.717, 1.165) is 80.2 Å². The van der Waals surface area contributed by atoms with Gasteiger partial charge in [-0.2, -0.15) is 43.2 Å². The molecule has 0 amide bonds. The number of pyridine rings is 4. The Morgan fingerprint density at radius 3 is 0.776 bits per heavy atom. The molecule has 6 aromatic rings. The van der Waals surface area contributed by atoms with Gasteiger partial charge in [-0.1, -0.05) is 57.2 Å². The Morgan fingerprint density at radius 2 is 0.621 bits per heavy atom. The number of fused-ring (bicyclic) bond motifs is 6. The standard InChI is InChI=1S/2C14H12N2.C2F6O6S2.2C2H4O2.2Pd/c2*1-9-3-5-11-7-8-12-6-4-10(2)16-14(12)13(11)15-9;3-1(4,5)15(9,10)13-14-16(11,12)2(6,7)8;2*1-2(3)4;;/h2*3-8H,1-2H3;;2*1H3,(H,3,4);;. The topological polar surface area (TPSA) is 213 Å². The molecule has 4 heterocycles. The number of alkyl halides is 6. The van der Waals surface area contributed by atoms with Gasteiger partial charge in [-0.05, 0) is 52.0 Å². The number of carboxylic acid groups (broad SMARTS) is 2. The Balaban J connectivity index is 0.000000755. The van der Waals surface area contributed by atoms with Crippen LogP contribution in [0.5, 0.6) is 0 Å². The largest absolute Gasteiger partial charge is 0.525 e. The van der Waals surface area contributed by atoms with Crippen molar-refractivity contribution in [1.29, 1.82) is 0 Å². The van der Waals surface area contributed by atoms with E-state index in [2.05, 4.69) is 77.1 Å². The Bertz CT molecular complexity index is 2290. The molecule has 0 unspecified atom stereocenters. The summed E-state index contributed by atoms with van der Waals surface area (Å²) in [7, 11) is -13.2. The number of hydrogen-bond acceptors (Lipinski definition) is 12. The van der Waals surface area contributed by atoms with E-state index in [1.807, 2.05) is 52.0 Å². The van der Waals surface area contributed by atoms with Gasteiger partial charge >= 0.3 is 31.3 Å². The number of carboxylic acids is 2. The maximum atomic E-state index is 11.4. The molecule has 4 aromatic heterocycles. The quantitative estimate of drug-likeness (QED) is 0.0436. The zero-order valence-electron chi connectivity index (χ0n) is 30.6. The van der Waals surface area contributed by atoms with E-state index in [1.54, 1.807) is 0 Å². The van der Waals surface area contributed by atoms with Crippen molar-refractivity contribution in [2.75, 3.05) is 0 Å². The van der Waals surface area contributed by atoms with Crippen LogP contribution in [0.3, 0.4) is 0 Å². The summed E-state index contributed by atoms with van der Waals surface area (Å²) in [4.78, 5) is 36.3. The number of hydrogen-bond donors (Lipinski definition) is 2. The molecule has 2 aromatic carbocycles. The van der Waals surface area contributed by atoms with Crippen LogP contribution in [0, 0.1) is 27.7 Å². The Morgan fingerprint density at radius 1 is 0.466 bits per heavy atom. The summed E-state index contributed by atoms with van der Waals surface area (Å²) in [6.07, 6.45) is 0. The third-order valence-electron chi connectivity index (χ3n) is 6.37. The van der Waals surface area contributed by atoms with E-state index in [9.17, 15) is 43.2 Å². The fraction of sp³-hybridized carbons (Fsp3) is 0.235. The zero-order chi connectivity index (χ0) is 42.8. The van der Waals surface area contributed by atoms with Gasteiger partial charge in [0, 0.05) is 99.0 Å². The second-order valence-electron chi connectivity index (χ2n) is 11.2. The molecule has 14 nitrogen and oxygen atoms in total.